The zero-order valence-electron chi connectivity index (χ0n) is 8.33. The highest BCUT2D eigenvalue weighted by Crippen LogP contribution is 2.11. The smallest absolute Gasteiger partial charge is 0.217 e. The summed E-state index contributed by atoms with van der Waals surface area (Å²) in [7, 11) is 0. The summed E-state index contributed by atoms with van der Waals surface area (Å²) in [5.41, 5.74) is 1.03. The number of nitrogens with zero attached hydrogens (tertiary/aromatic N) is 1. The van der Waals surface area contributed by atoms with Gasteiger partial charge in [-0.3, -0.25) is 4.79 Å². The van der Waals surface area contributed by atoms with Crippen LogP contribution in [0.1, 0.15) is 12.5 Å². The number of amides is 1. The molecule has 1 amide bonds. The third kappa shape index (κ3) is 4.13. The molecule has 1 N–H and O–H groups in total. The van der Waals surface area contributed by atoms with Crippen LogP contribution >= 0.6 is 15.9 Å². The average Bonchev–Trinajstić information content (AvgIpc) is 2.19. The van der Waals surface area contributed by atoms with Gasteiger partial charge in [-0.2, -0.15) is 5.26 Å². The van der Waals surface area contributed by atoms with Gasteiger partial charge in [0.1, 0.15) is 6.04 Å². The Bertz CT molecular complexity index is 381. The Kier molecular flexibility index (Phi) is 4.32. The minimum absolute atomic E-state index is 0.182. The minimum Gasteiger partial charge on any atom is -0.340 e. The normalized spacial score (nSPS) is 11.5. The third-order valence-corrected chi connectivity index (χ3v) is 2.42. The Morgan fingerprint density at radius 3 is 2.60 bits per heavy atom. The van der Waals surface area contributed by atoms with Crippen LogP contribution in [0.25, 0.3) is 0 Å². The van der Waals surface area contributed by atoms with E-state index in [1.807, 2.05) is 24.3 Å². The molecule has 0 aliphatic rings. The molecule has 1 atom stereocenters. The van der Waals surface area contributed by atoms with Crippen LogP contribution in [0.15, 0.2) is 28.7 Å². The lowest BCUT2D eigenvalue weighted by Crippen LogP contribution is -2.33. The van der Waals surface area contributed by atoms with Crippen LogP contribution in [0, 0.1) is 11.3 Å². The molecule has 0 saturated heterocycles. The molecule has 0 aliphatic heterocycles. The molecule has 0 fully saturated rings. The van der Waals surface area contributed by atoms with E-state index in [0.717, 1.165) is 10.0 Å². The zero-order valence-corrected chi connectivity index (χ0v) is 9.91. The van der Waals surface area contributed by atoms with Crippen LogP contribution < -0.4 is 5.32 Å². The van der Waals surface area contributed by atoms with E-state index in [2.05, 4.69) is 27.3 Å². The number of hydrogen-bond donors (Lipinski definition) is 1. The molecule has 0 heterocycles. The number of rotatable bonds is 3. The lowest BCUT2D eigenvalue weighted by Gasteiger charge is -2.09. The second-order valence-electron chi connectivity index (χ2n) is 3.21. The molecule has 0 radical (unpaired) electrons. The molecule has 1 aromatic carbocycles. The van der Waals surface area contributed by atoms with Crippen molar-refractivity contribution in [1.82, 2.24) is 5.32 Å². The number of hydrogen-bond acceptors (Lipinski definition) is 2. The van der Waals surface area contributed by atoms with Gasteiger partial charge >= 0.3 is 0 Å². The fraction of sp³-hybridized carbons (Fsp3) is 0.273. The van der Waals surface area contributed by atoms with Gasteiger partial charge in [0.25, 0.3) is 0 Å². The molecule has 15 heavy (non-hydrogen) atoms. The van der Waals surface area contributed by atoms with Crippen molar-refractivity contribution in [3.63, 3.8) is 0 Å². The van der Waals surface area contributed by atoms with E-state index >= 15 is 0 Å². The Labute approximate surface area is 97.2 Å². The average molecular weight is 267 g/mol. The van der Waals surface area contributed by atoms with Gasteiger partial charge in [-0.1, -0.05) is 28.1 Å². The zero-order chi connectivity index (χ0) is 11.3. The highest BCUT2D eigenvalue weighted by molar-refractivity contribution is 9.10. The van der Waals surface area contributed by atoms with E-state index in [1.54, 1.807) is 0 Å². The summed E-state index contributed by atoms with van der Waals surface area (Å²) in [5, 5.41) is 11.4. The fourth-order valence-corrected chi connectivity index (χ4v) is 1.49. The number of carbonyl (C=O) groups excluding carboxylic acids is 1. The van der Waals surface area contributed by atoms with Crippen molar-refractivity contribution in [2.75, 3.05) is 0 Å². The van der Waals surface area contributed by atoms with Crippen molar-refractivity contribution in [3.8, 4) is 6.07 Å². The molecule has 78 valence electrons. The molecule has 0 spiro atoms. The lowest BCUT2D eigenvalue weighted by molar-refractivity contribution is -0.119. The van der Waals surface area contributed by atoms with Crippen molar-refractivity contribution in [1.29, 1.82) is 5.26 Å². The van der Waals surface area contributed by atoms with Gasteiger partial charge in [0.05, 0.1) is 6.07 Å². The molecule has 0 unspecified atom stereocenters. The quantitative estimate of drug-likeness (QED) is 0.910. The standard InChI is InChI=1S/C11H11BrN2O/c1-8(15)14-11(7-13)6-9-2-4-10(12)5-3-9/h2-5,11H,6H2,1H3,(H,14,15)/t11-/m0/s1. The Hall–Kier alpha value is -1.34. The van der Waals surface area contributed by atoms with Crippen molar-refractivity contribution in [2.45, 2.75) is 19.4 Å². The maximum atomic E-state index is 10.8. The lowest BCUT2D eigenvalue weighted by atomic mass is 10.1. The summed E-state index contributed by atoms with van der Waals surface area (Å²) >= 11 is 3.33. The summed E-state index contributed by atoms with van der Waals surface area (Å²) in [4.78, 5) is 10.8. The van der Waals surface area contributed by atoms with Crippen LogP contribution in [0.3, 0.4) is 0 Å². The van der Waals surface area contributed by atoms with E-state index in [1.165, 1.54) is 6.92 Å². The van der Waals surface area contributed by atoms with Gasteiger partial charge in [0.2, 0.25) is 5.91 Å². The van der Waals surface area contributed by atoms with Crippen LogP contribution in [0.5, 0.6) is 0 Å². The first-order valence-electron chi connectivity index (χ1n) is 4.53. The van der Waals surface area contributed by atoms with Crippen molar-refractivity contribution < 1.29 is 4.79 Å². The molecular formula is C11H11BrN2O. The highest BCUT2D eigenvalue weighted by atomic mass is 79.9. The number of carbonyl (C=O) groups is 1. The third-order valence-electron chi connectivity index (χ3n) is 1.89. The molecule has 0 bridgehead atoms. The van der Waals surface area contributed by atoms with Gasteiger partial charge in [0, 0.05) is 17.8 Å². The first-order valence-corrected chi connectivity index (χ1v) is 5.32. The Morgan fingerprint density at radius 1 is 1.53 bits per heavy atom. The summed E-state index contributed by atoms with van der Waals surface area (Å²) in [5.74, 6) is -0.182. The maximum Gasteiger partial charge on any atom is 0.217 e. The molecule has 0 aliphatic carbocycles. The molecule has 0 saturated carbocycles. The number of benzene rings is 1. The van der Waals surface area contributed by atoms with Gasteiger partial charge in [-0.15, -0.1) is 0 Å². The first kappa shape index (κ1) is 11.7. The molecular weight excluding hydrogens is 256 g/mol. The van der Waals surface area contributed by atoms with Crippen LogP contribution in [-0.4, -0.2) is 11.9 Å². The maximum absolute atomic E-state index is 10.8. The van der Waals surface area contributed by atoms with E-state index in [-0.39, 0.29) is 5.91 Å². The largest absolute Gasteiger partial charge is 0.340 e. The number of nitriles is 1. The topological polar surface area (TPSA) is 52.9 Å². The highest BCUT2D eigenvalue weighted by Gasteiger charge is 2.08. The van der Waals surface area contributed by atoms with Crippen molar-refractivity contribution >= 4 is 21.8 Å². The first-order chi connectivity index (χ1) is 7.11. The van der Waals surface area contributed by atoms with Crippen LogP contribution in [0.2, 0.25) is 0 Å². The van der Waals surface area contributed by atoms with E-state index < -0.39 is 6.04 Å². The molecule has 3 nitrogen and oxygen atoms in total. The van der Waals surface area contributed by atoms with Crippen LogP contribution in [-0.2, 0) is 11.2 Å². The number of halogens is 1. The predicted molar refractivity (Wildman–Crippen MR) is 61.1 cm³/mol. The monoisotopic (exact) mass is 266 g/mol. The Balaban J connectivity index is 2.63. The van der Waals surface area contributed by atoms with E-state index in [9.17, 15) is 4.79 Å². The Morgan fingerprint density at radius 2 is 2.13 bits per heavy atom. The van der Waals surface area contributed by atoms with Gasteiger partial charge in [-0.25, -0.2) is 0 Å². The van der Waals surface area contributed by atoms with E-state index in [0.29, 0.717) is 6.42 Å². The SMILES string of the molecule is CC(=O)N[C@H](C#N)Cc1ccc(Br)cc1. The number of nitrogens with one attached hydrogen (secondary N) is 1. The minimum atomic E-state index is -0.455. The summed E-state index contributed by atoms with van der Waals surface area (Å²) in [6.45, 7) is 1.41. The molecule has 1 rings (SSSR count). The molecule has 1 aromatic rings. The second-order valence-corrected chi connectivity index (χ2v) is 4.13. The second kappa shape index (κ2) is 5.52. The summed E-state index contributed by atoms with van der Waals surface area (Å²) in [6, 6.07) is 9.28. The van der Waals surface area contributed by atoms with Crippen molar-refractivity contribution in [2.24, 2.45) is 0 Å². The predicted octanol–water partition coefficient (Wildman–Crippen LogP) is 2.02. The van der Waals surface area contributed by atoms with Crippen molar-refractivity contribution in [3.05, 3.63) is 34.3 Å². The fourth-order valence-electron chi connectivity index (χ4n) is 1.23. The van der Waals surface area contributed by atoms with Gasteiger partial charge < -0.3 is 5.32 Å². The van der Waals surface area contributed by atoms with Crippen LogP contribution in [0.4, 0.5) is 0 Å². The summed E-state index contributed by atoms with van der Waals surface area (Å²) in [6.07, 6.45) is 0.531. The molecule has 4 heteroatoms. The molecule has 0 aromatic heterocycles. The van der Waals surface area contributed by atoms with Gasteiger partial charge in [0.15, 0.2) is 0 Å². The van der Waals surface area contributed by atoms with Gasteiger partial charge in [-0.05, 0) is 17.7 Å². The summed E-state index contributed by atoms with van der Waals surface area (Å²) < 4.78 is 0.999. The van der Waals surface area contributed by atoms with E-state index in [4.69, 9.17) is 5.26 Å².